The molecule has 6 unspecified atom stereocenters. The number of hydrogen-bond donors (Lipinski definition) is 4. The van der Waals surface area contributed by atoms with Crippen LogP contribution in [0.15, 0.2) is 196 Å². The summed E-state index contributed by atoms with van der Waals surface area (Å²) < 4.78 is 24.2. The molecule has 4 aromatic heterocycles. The van der Waals surface area contributed by atoms with Crippen LogP contribution in [0, 0.1) is 5.92 Å². The molecule has 12 aromatic rings. The third-order valence-corrected chi connectivity index (χ3v) is 30.8. The molecule has 6 fully saturated rings. The van der Waals surface area contributed by atoms with Crippen LogP contribution in [0.25, 0.3) is 43.1 Å². The van der Waals surface area contributed by atoms with Gasteiger partial charge in [0.1, 0.15) is 52.9 Å². The first-order valence-electron chi connectivity index (χ1n) is 53.4. The number of likely N-dealkylation sites (tertiary alicyclic amines) is 2. The first-order chi connectivity index (χ1) is 72.9. The fraction of sp³-hybridized carbons (Fsp3) is 0.419. The van der Waals surface area contributed by atoms with Crippen LogP contribution in [-0.2, 0) is 64.5 Å². The molecule has 6 atom stereocenters. The lowest BCUT2D eigenvalue weighted by atomic mass is 9.96. The van der Waals surface area contributed by atoms with Gasteiger partial charge in [0.2, 0.25) is 23.6 Å². The minimum absolute atomic E-state index is 0.000964. The van der Waals surface area contributed by atoms with E-state index in [0.29, 0.717) is 155 Å². The molecule has 22 rings (SSSR count). The quantitative estimate of drug-likeness (QED) is 0.0386. The van der Waals surface area contributed by atoms with Crippen LogP contribution >= 0.6 is 0 Å². The summed E-state index contributed by atoms with van der Waals surface area (Å²) in [6, 6.07) is 49.4. The number of amides is 4. The summed E-state index contributed by atoms with van der Waals surface area (Å²) in [6.45, 7) is 47.7. The lowest BCUT2D eigenvalue weighted by Crippen LogP contribution is -2.56. The van der Waals surface area contributed by atoms with E-state index in [2.05, 4.69) is 136 Å². The monoisotopic (exact) mass is 2030 g/mol. The summed E-state index contributed by atoms with van der Waals surface area (Å²) in [4.78, 5) is 116. The van der Waals surface area contributed by atoms with Crippen LogP contribution in [0.3, 0.4) is 0 Å². The maximum Gasteiger partial charge on any atom is 0.318 e. The molecule has 0 radical (unpaired) electrons. The van der Waals surface area contributed by atoms with Gasteiger partial charge in [-0.15, -0.1) is 0 Å². The summed E-state index contributed by atoms with van der Waals surface area (Å²) in [6.07, 6.45) is 14.6. The molecule has 10 aliphatic heterocycles. The summed E-state index contributed by atoms with van der Waals surface area (Å²) in [5.74, 6) is 5.36. The number of fused-ring (bicyclic) bond motifs is 10. The van der Waals surface area contributed by atoms with E-state index in [4.69, 9.17) is 58.8 Å². The molecule has 784 valence electrons. The lowest BCUT2D eigenvalue weighted by Gasteiger charge is -2.43. The fourth-order valence-corrected chi connectivity index (χ4v) is 22.9. The standard InChI is InChI=1S/C31H38N6O3.C30H35N5O3.2C28H33N5O3/c1-3-29(39)35-12-14-36(15-13-35)30-26-9-11-37(28-19-24(38)18-23-6-4-5-7-25(23)28)21-27(26)32-31(33-30)40-17-16-34-10-8-22(2)20-34;1-4-19(3)38-30-31-26-18-33(27-15-23(36)14-20-8-6-7-9-24(20)27)13-12-25(26)29(32-30)35-21-10-11-22(35)17-34(16-21)28(37)5-2;1-4-14-36-28-29-24-18-33(25-17-21(34)16-20-8-6-7-9-22(20)25)19(3)15-23(24)27(30-28)32-12-10-31(11-13-32)26(35)5-2;1-4-16-36-28-29-26-19(3)33(24-18-21(34)17-20-8-6-7-9-22(20)24)11-10-23(26)27(30-28)32-14-12-31(13-15-32)25(35)5-2/h3-7,18-19,22,38H,1,8-17,20-21H2,2H3;5-9,14-15,19,21-22,36H,2,4,10-13,16-18H2,1,3H3;5-9,16-17,19,34H,2,4,10-15,18H2,1,3H3;5-9,17-19,34H,2,4,10-16H2,1,3H3. The zero-order chi connectivity index (χ0) is 104. The molecule has 33 nitrogen and oxygen atoms in total. The number of nitrogens with zero attached hydrogens (tertiary/aromatic N) is 21. The summed E-state index contributed by atoms with van der Waals surface area (Å²) in [7, 11) is 0. The highest BCUT2D eigenvalue weighted by Crippen LogP contribution is 2.47. The number of aromatic hydroxyl groups is 4. The Labute approximate surface area is 877 Å². The number of phenolic OH excluding ortho intramolecular Hbond substituents is 4. The Balaban J connectivity index is 0.000000126. The molecular formula is C117H139N21O12. The number of ether oxygens (including phenoxy) is 4. The second-order valence-electron chi connectivity index (χ2n) is 40.7. The van der Waals surface area contributed by atoms with Crippen molar-refractivity contribution in [1.29, 1.82) is 0 Å². The minimum Gasteiger partial charge on any atom is -0.508 e. The van der Waals surface area contributed by atoms with E-state index in [9.17, 15) is 39.6 Å². The van der Waals surface area contributed by atoms with Crippen LogP contribution < -0.4 is 58.1 Å². The van der Waals surface area contributed by atoms with E-state index in [-0.39, 0.29) is 76.9 Å². The second kappa shape index (κ2) is 46.2. The molecule has 2 bridgehead atoms. The van der Waals surface area contributed by atoms with Crippen molar-refractivity contribution in [2.45, 2.75) is 163 Å². The van der Waals surface area contributed by atoms with Crippen LogP contribution in [-0.4, -0.2) is 283 Å². The molecule has 0 aliphatic carbocycles. The molecule has 4 amide bonds. The van der Waals surface area contributed by atoms with Crippen molar-refractivity contribution in [3.8, 4) is 47.0 Å². The number of hydrogen-bond acceptors (Lipinski definition) is 29. The molecule has 33 heteroatoms. The Morgan fingerprint density at radius 3 is 1.21 bits per heavy atom. The van der Waals surface area contributed by atoms with Crippen molar-refractivity contribution in [3.05, 3.63) is 241 Å². The number of benzene rings is 8. The summed E-state index contributed by atoms with van der Waals surface area (Å²) >= 11 is 0. The Kier molecular flexibility index (Phi) is 31.8. The van der Waals surface area contributed by atoms with Crippen molar-refractivity contribution in [3.63, 3.8) is 0 Å². The summed E-state index contributed by atoms with van der Waals surface area (Å²) in [5.41, 5.74) is 12.4. The second-order valence-corrected chi connectivity index (χ2v) is 40.7. The highest BCUT2D eigenvalue weighted by Gasteiger charge is 2.45. The average molecular weight is 2030 g/mol. The van der Waals surface area contributed by atoms with Crippen molar-refractivity contribution < 1.29 is 58.6 Å². The van der Waals surface area contributed by atoms with Gasteiger partial charge in [-0.1, -0.05) is 151 Å². The van der Waals surface area contributed by atoms with Crippen LogP contribution in [0.4, 0.5) is 46.0 Å². The van der Waals surface area contributed by atoms with Gasteiger partial charge in [-0.2, -0.15) is 39.9 Å². The normalized spacial score (nSPS) is 19.2. The zero-order valence-electron chi connectivity index (χ0n) is 87.4. The van der Waals surface area contributed by atoms with Gasteiger partial charge in [0.25, 0.3) is 0 Å². The van der Waals surface area contributed by atoms with Crippen LogP contribution in [0.1, 0.15) is 138 Å². The van der Waals surface area contributed by atoms with Gasteiger partial charge < -0.3 is 98.2 Å². The number of piperazine rings is 4. The van der Waals surface area contributed by atoms with Gasteiger partial charge in [0.15, 0.2) is 0 Å². The molecule has 0 saturated carbocycles. The van der Waals surface area contributed by atoms with Crippen molar-refractivity contribution in [1.82, 2.24) is 64.4 Å². The highest BCUT2D eigenvalue weighted by molar-refractivity contribution is 6.00. The number of anilines is 8. The first-order valence-corrected chi connectivity index (χ1v) is 53.4. The number of carbonyl (C=O) groups excluding carboxylic acids is 4. The number of carbonyl (C=O) groups is 4. The molecule has 0 spiro atoms. The lowest BCUT2D eigenvalue weighted by molar-refractivity contribution is -0.127. The number of aromatic nitrogens is 8. The predicted molar refractivity (Wildman–Crippen MR) is 590 cm³/mol. The minimum atomic E-state index is -0.0340. The van der Waals surface area contributed by atoms with Gasteiger partial charge in [0.05, 0.1) is 67.8 Å². The molecule has 8 aromatic carbocycles. The van der Waals surface area contributed by atoms with E-state index in [1.54, 1.807) is 18.2 Å². The Morgan fingerprint density at radius 1 is 0.387 bits per heavy atom. The molecule has 150 heavy (non-hydrogen) atoms. The van der Waals surface area contributed by atoms with Gasteiger partial charge in [0, 0.05) is 233 Å². The van der Waals surface area contributed by atoms with E-state index in [1.165, 1.54) is 36.3 Å². The van der Waals surface area contributed by atoms with E-state index in [1.807, 2.05) is 130 Å². The topological polar surface area (TPSA) is 331 Å². The van der Waals surface area contributed by atoms with Gasteiger partial charge in [-0.25, -0.2) is 0 Å². The van der Waals surface area contributed by atoms with Crippen molar-refractivity contribution in [2.75, 3.05) is 190 Å². The maximum absolute atomic E-state index is 12.4. The van der Waals surface area contributed by atoms with Gasteiger partial charge in [-0.3, -0.25) is 24.1 Å². The SMILES string of the molecule is C=CC(=O)N1CC2CCC(C1)N2c1nc(OC(C)CC)nc2c1CCN(c1cc(O)cc3ccccc13)C2.C=CC(=O)N1CCN(c2nc(OCCC)nc3c2CC(C)N(c2cc(O)cc4ccccc24)C3)CC1.C=CC(=O)N1CCN(c2nc(OCCC)nc3c2CCN(c2cc(O)cc4ccccc24)C3C)CC1.C=CC(=O)N1CCN(c2nc(OCCN3CCC(C)C3)nc3c2CCN(c2cc(O)cc4ccccc24)C3)CC1. The van der Waals surface area contributed by atoms with E-state index in [0.717, 1.165) is 232 Å². The zero-order valence-corrected chi connectivity index (χ0v) is 87.4. The van der Waals surface area contributed by atoms with Gasteiger partial charge >= 0.3 is 24.0 Å². The van der Waals surface area contributed by atoms with E-state index >= 15 is 0 Å². The third kappa shape index (κ3) is 22.5. The third-order valence-electron chi connectivity index (χ3n) is 30.8. The Hall–Kier alpha value is -15.3. The maximum atomic E-state index is 12.4. The first kappa shape index (κ1) is 103. The van der Waals surface area contributed by atoms with E-state index < -0.39 is 0 Å². The number of rotatable bonds is 25. The Bertz CT molecular complexity index is 6910. The van der Waals surface area contributed by atoms with Crippen molar-refractivity contribution >= 4 is 113 Å². The Morgan fingerprint density at radius 2 is 0.767 bits per heavy atom. The van der Waals surface area contributed by atoms with Crippen molar-refractivity contribution in [2.24, 2.45) is 5.92 Å². The molecule has 14 heterocycles. The molecular weight excluding hydrogens is 1890 g/mol. The summed E-state index contributed by atoms with van der Waals surface area (Å²) in [5, 5.41) is 50.3. The molecule has 10 aliphatic rings. The predicted octanol–water partition coefficient (Wildman–Crippen LogP) is 15.9. The highest BCUT2D eigenvalue weighted by atomic mass is 16.5. The van der Waals surface area contributed by atoms with Crippen LogP contribution in [0.2, 0.25) is 0 Å². The largest absolute Gasteiger partial charge is 0.508 e. The fourth-order valence-electron chi connectivity index (χ4n) is 22.9. The molecule has 4 N–H and O–H groups in total. The van der Waals surface area contributed by atoms with Gasteiger partial charge in [-0.05, 0) is 168 Å². The smallest absolute Gasteiger partial charge is 0.318 e. The average Bonchev–Trinajstić information content (AvgIpc) is 1.74. The molecule has 6 saturated heterocycles. The number of phenols is 4. The van der Waals surface area contributed by atoms with Crippen LogP contribution in [0.5, 0.6) is 47.0 Å².